The summed E-state index contributed by atoms with van der Waals surface area (Å²) in [6.45, 7) is -0.746. The van der Waals surface area contributed by atoms with E-state index in [9.17, 15) is 22.4 Å². The monoisotopic (exact) mass is 434 g/mol. The first-order valence-corrected chi connectivity index (χ1v) is 9.53. The molecule has 0 bridgehead atoms. The van der Waals surface area contributed by atoms with Gasteiger partial charge in [0, 0.05) is 0 Å². The maximum atomic E-state index is 13.8. The molecule has 7 nitrogen and oxygen atoms in total. The number of ether oxygens (including phenoxy) is 1. The zero-order valence-corrected chi connectivity index (χ0v) is 16.1. The molecule has 0 atom stereocenters. The second-order valence-electron chi connectivity index (χ2n) is 5.07. The van der Waals surface area contributed by atoms with E-state index in [1.807, 2.05) is 4.72 Å². The first kappa shape index (κ1) is 21.1. The topological polar surface area (TPSA) is 102 Å². The molecular formula is C16H13Cl2FN2O5S. The van der Waals surface area contributed by atoms with E-state index in [4.69, 9.17) is 27.9 Å². The van der Waals surface area contributed by atoms with Crippen LogP contribution in [0, 0.1) is 5.82 Å². The van der Waals surface area contributed by atoms with Crippen molar-refractivity contribution < 1.29 is 27.1 Å². The number of nitrogens with one attached hydrogen (secondary N) is 2. The standard InChI is InChI=1S/C16H13Cl2FN2O5S/c1-20-27(24,25)9-5-6-12(19)10(7-9)16(23)26-8-14(22)21-13-4-2-3-11(17)15(13)18/h2-7,20H,8H2,1H3,(H,21,22). The Morgan fingerprint density at radius 1 is 1.19 bits per heavy atom. The fourth-order valence-corrected chi connectivity index (χ4v) is 3.04. The predicted octanol–water partition coefficient (Wildman–Crippen LogP) is 2.84. The molecule has 0 aromatic heterocycles. The first-order valence-electron chi connectivity index (χ1n) is 7.30. The number of hydrogen-bond donors (Lipinski definition) is 2. The highest BCUT2D eigenvalue weighted by molar-refractivity contribution is 7.89. The Bertz CT molecular complexity index is 998. The van der Waals surface area contributed by atoms with Gasteiger partial charge in [0.05, 0.1) is 26.2 Å². The van der Waals surface area contributed by atoms with Crippen molar-refractivity contribution in [3.8, 4) is 0 Å². The molecule has 0 heterocycles. The molecule has 0 spiro atoms. The van der Waals surface area contributed by atoms with E-state index < -0.39 is 39.9 Å². The van der Waals surface area contributed by atoms with Crippen LogP contribution in [-0.2, 0) is 19.6 Å². The van der Waals surface area contributed by atoms with Crippen molar-refractivity contribution in [2.45, 2.75) is 4.90 Å². The molecule has 2 N–H and O–H groups in total. The first-order chi connectivity index (χ1) is 12.7. The fourth-order valence-electron chi connectivity index (χ4n) is 1.94. The zero-order valence-electron chi connectivity index (χ0n) is 13.8. The molecule has 144 valence electrons. The second kappa shape index (κ2) is 8.66. The second-order valence-corrected chi connectivity index (χ2v) is 7.75. The van der Waals surface area contributed by atoms with Crippen molar-refractivity contribution in [3.63, 3.8) is 0 Å². The third-order valence-electron chi connectivity index (χ3n) is 3.30. The van der Waals surface area contributed by atoms with Crippen LogP contribution in [-0.4, -0.2) is 33.9 Å². The molecule has 2 rings (SSSR count). The number of anilines is 1. The van der Waals surface area contributed by atoms with Gasteiger partial charge in [0.25, 0.3) is 5.91 Å². The summed E-state index contributed by atoms with van der Waals surface area (Å²) in [7, 11) is -2.71. The highest BCUT2D eigenvalue weighted by Crippen LogP contribution is 2.29. The van der Waals surface area contributed by atoms with E-state index in [-0.39, 0.29) is 20.6 Å². The quantitative estimate of drug-likeness (QED) is 0.680. The number of sulfonamides is 1. The third-order valence-corrected chi connectivity index (χ3v) is 5.53. The van der Waals surface area contributed by atoms with Gasteiger partial charge in [-0.25, -0.2) is 22.3 Å². The van der Waals surface area contributed by atoms with Crippen molar-refractivity contribution in [2.75, 3.05) is 19.0 Å². The van der Waals surface area contributed by atoms with Gasteiger partial charge in [0.2, 0.25) is 10.0 Å². The Morgan fingerprint density at radius 2 is 1.89 bits per heavy atom. The minimum Gasteiger partial charge on any atom is -0.452 e. The van der Waals surface area contributed by atoms with Crippen LogP contribution in [0.15, 0.2) is 41.3 Å². The van der Waals surface area contributed by atoms with E-state index >= 15 is 0 Å². The summed E-state index contributed by atoms with van der Waals surface area (Å²) in [6, 6.07) is 7.18. The lowest BCUT2D eigenvalue weighted by molar-refractivity contribution is -0.119. The van der Waals surface area contributed by atoms with Gasteiger partial charge in [-0.15, -0.1) is 0 Å². The molecule has 2 aromatic rings. The lowest BCUT2D eigenvalue weighted by Gasteiger charge is -2.10. The number of rotatable bonds is 6. The Morgan fingerprint density at radius 3 is 2.56 bits per heavy atom. The summed E-state index contributed by atoms with van der Waals surface area (Å²) < 4.78 is 44.1. The average molecular weight is 435 g/mol. The van der Waals surface area contributed by atoms with E-state index in [0.29, 0.717) is 0 Å². The van der Waals surface area contributed by atoms with Crippen molar-refractivity contribution in [2.24, 2.45) is 0 Å². The molecule has 0 saturated heterocycles. The Balaban J connectivity index is 2.08. The van der Waals surface area contributed by atoms with Crippen molar-refractivity contribution in [3.05, 3.63) is 57.8 Å². The van der Waals surface area contributed by atoms with Crippen LogP contribution >= 0.6 is 23.2 Å². The number of carbonyl (C=O) groups is 2. The molecule has 2 aromatic carbocycles. The molecule has 27 heavy (non-hydrogen) atoms. The number of benzene rings is 2. The maximum absolute atomic E-state index is 13.8. The van der Waals surface area contributed by atoms with E-state index in [1.54, 1.807) is 6.07 Å². The third kappa shape index (κ3) is 5.16. The van der Waals surface area contributed by atoms with Crippen molar-refractivity contribution in [1.29, 1.82) is 0 Å². The maximum Gasteiger partial charge on any atom is 0.341 e. The summed E-state index contributed by atoms with van der Waals surface area (Å²) in [5.74, 6) is -2.94. The molecule has 0 aliphatic heterocycles. The molecule has 0 fully saturated rings. The number of amides is 1. The van der Waals surface area contributed by atoms with Crippen molar-refractivity contribution in [1.82, 2.24) is 4.72 Å². The SMILES string of the molecule is CNS(=O)(=O)c1ccc(F)c(C(=O)OCC(=O)Nc2cccc(Cl)c2Cl)c1. The van der Waals surface area contributed by atoms with Crippen LogP contribution < -0.4 is 10.0 Å². The Kier molecular flexibility index (Phi) is 6.77. The van der Waals surface area contributed by atoms with Crippen LogP contribution in [0.5, 0.6) is 0 Å². The predicted molar refractivity (Wildman–Crippen MR) is 98.0 cm³/mol. The average Bonchev–Trinajstić information content (AvgIpc) is 2.63. The van der Waals surface area contributed by atoms with E-state index in [1.165, 1.54) is 19.2 Å². The number of halogens is 3. The summed E-state index contributed by atoms with van der Waals surface area (Å²) in [5, 5.41) is 2.71. The van der Waals surface area contributed by atoms with E-state index in [0.717, 1.165) is 18.2 Å². The minimum atomic E-state index is -3.88. The van der Waals surface area contributed by atoms with Crippen molar-refractivity contribution >= 4 is 50.8 Å². The smallest absolute Gasteiger partial charge is 0.341 e. The largest absolute Gasteiger partial charge is 0.452 e. The van der Waals surface area contributed by atoms with Crippen LogP contribution in [0.4, 0.5) is 10.1 Å². The van der Waals surface area contributed by atoms with Crippen LogP contribution in [0.25, 0.3) is 0 Å². The molecule has 1 amide bonds. The molecule has 0 aliphatic rings. The van der Waals surface area contributed by atoms with Crippen LogP contribution in [0.1, 0.15) is 10.4 Å². The minimum absolute atomic E-state index is 0.106. The summed E-state index contributed by atoms with van der Waals surface area (Å²) in [6.07, 6.45) is 0. The van der Waals surface area contributed by atoms with Gasteiger partial charge in [-0.2, -0.15) is 0 Å². The van der Waals surface area contributed by atoms with Gasteiger partial charge in [0.1, 0.15) is 5.82 Å². The highest BCUT2D eigenvalue weighted by Gasteiger charge is 2.20. The highest BCUT2D eigenvalue weighted by atomic mass is 35.5. The normalized spacial score (nSPS) is 11.1. The number of esters is 1. The Labute approximate surface area is 164 Å². The van der Waals surface area contributed by atoms with Gasteiger partial charge in [-0.1, -0.05) is 29.3 Å². The molecule has 0 radical (unpaired) electrons. The number of carbonyl (C=O) groups excluding carboxylic acids is 2. The molecule has 0 unspecified atom stereocenters. The summed E-state index contributed by atoms with van der Waals surface area (Å²) >= 11 is 11.7. The van der Waals surface area contributed by atoms with Gasteiger partial charge in [-0.3, -0.25) is 4.79 Å². The van der Waals surface area contributed by atoms with Crippen LogP contribution in [0.2, 0.25) is 10.0 Å². The number of hydrogen-bond acceptors (Lipinski definition) is 5. The van der Waals surface area contributed by atoms with Gasteiger partial charge < -0.3 is 10.1 Å². The summed E-state index contributed by atoms with van der Waals surface area (Å²) in [4.78, 5) is 23.6. The Hall–Kier alpha value is -2.20. The van der Waals surface area contributed by atoms with Gasteiger partial charge >= 0.3 is 5.97 Å². The van der Waals surface area contributed by atoms with Crippen LogP contribution in [0.3, 0.4) is 0 Å². The molecule has 11 heteroatoms. The van der Waals surface area contributed by atoms with Gasteiger partial charge in [0.15, 0.2) is 6.61 Å². The molecule has 0 aliphatic carbocycles. The fraction of sp³-hybridized carbons (Fsp3) is 0.125. The lowest BCUT2D eigenvalue weighted by atomic mass is 10.2. The summed E-state index contributed by atoms with van der Waals surface area (Å²) in [5.41, 5.74) is -0.418. The zero-order chi connectivity index (χ0) is 20.2. The lowest BCUT2D eigenvalue weighted by Crippen LogP contribution is -2.22. The van der Waals surface area contributed by atoms with E-state index in [2.05, 4.69) is 5.32 Å². The molecular weight excluding hydrogens is 422 g/mol. The molecule has 0 saturated carbocycles. The van der Waals surface area contributed by atoms with Gasteiger partial charge in [-0.05, 0) is 37.4 Å².